The normalized spacial score (nSPS) is 15.2. The second kappa shape index (κ2) is 52.6. The van der Waals surface area contributed by atoms with Crippen molar-refractivity contribution in [3.8, 4) is 45.0 Å². The van der Waals surface area contributed by atoms with Gasteiger partial charge in [-0.15, -0.1) is 0 Å². The van der Waals surface area contributed by atoms with Gasteiger partial charge in [-0.2, -0.15) is 20.4 Å². The molecule has 0 saturated carbocycles. The van der Waals surface area contributed by atoms with E-state index >= 15 is 0 Å². The first-order valence-corrected chi connectivity index (χ1v) is 48.0. The molecule has 4 atom stereocenters. The van der Waals surface area contributed by atoms with Gasteiger partial charge in [0.25, 0.3) is 0 Å². The Labute approximate surface area is 817 Å². The van der Waals surface area contributed by atoms with Crippen LogP contribution in [0.5, 0.6) is 0 Å². The van der Waals surface area contributed by atoms with Gasteiger partial charge in [0.15, 0.2) is 5.96 Å². The molecule has 0 spiro atoms. The van der Waals surface area contributed by atoms with Crippen LogP contribution in [0.1, 0.15) is 172 Å². The fourth-order valence-electron chi connectivity index (χ4n) is 16.4. The summed E-state index contributed by atoms with van der Waals surface area (Å²) in [6.45, 7) is 22.4. The Balaban J connectivity index is 0.000000213. The van der Waals surface area contributed by atoms with Gasteiger partial charge in [0.05, 0.1) is 74.8 Å². The molecule has 4 fully saturated rings. The lowest BCUT2D eigenvalue weighted by atomic mass is 9.93. The van der Waals surface area contributed by atoms with Gasteiger partial charge in [-0.25, -0.2) is 19.4 Å². The average molecular weight is 2000 g/mol. The highest BCUT2D eigenvalue weighted by Gasteiger charge is 2.33. The number of rotatable bonds is 28. The van der Waals surface area contributed by atoms with Gasteiger partial charge in [-0.3, -0.25) is 42.7 Å². The highest BCUT2D eigenvalue weighted by atomic mass is 35.5. The number of aliphatic carboxylic acids is 2. The number of likely N-dealkylation sites (N-methyl/N-ethyl adjacent to an activating group) is 1. The number of benzene rings is 4. The monoisotopic (exact) mass is 2000 g/mol. The van der Waals surface area contributed by atoms with Crippen LogP contribution in [-0.4, -0.2) is 243 Å². The van der Waals surface area contributed by atoms with Crippen LogP contribution >= 0.6 is 104 Å². The van der Waals surface area contributed by atoms with Crippen LogP contribution in [0, 0.1) is 17.8 Å². The first-order chi connectivity index (χ1) is 62.8. The molecule has 40 heteroatoms. The lowest BCUT2D eigenvalue weighted by Crippen LogP contribution is -2.46. The number of nitrogens with one attached hydrogen (secondary N) is 3. The number of carbonyl (C=O) groups is 8. The number of amides is 9. The number of halogens is 9. The van der Waals surface area contributed by atoms with Crippen molar-refractivity contribution < 1.29 is 48.6 Å². The maximum atomic E-state index is 12.8. The van der Waals surface area contributed by atoms with Crippen molar-refractivity contribution in [2.75, 3.05) is 105 Å². The van der Waals surface area contributed by atoms with Crippen LogP contribution in [0.3, 0.4) is 0 Å². The molecule has 4 aromatic carbocycles. The first kappa shape index (κ1) is 108. The van der Waals surface area contributed by atoms with Crippen molar-refractivity contribution in [1.29, 1.82) is 0 Å². The van der Waals surface area contributed by atoms with Crippen molar-refractivity contribution in [3.05, 3.63) is 160 Å². The zero-order valence-corrected chi connectivity index (χ0v) is 83.5. The first-order valence-electron chi connectivity index (χ1n) is 44.6. The Kier molecular flexibility index (Phi) is 43.0. The summed E-state index contributed by atoms with van der Waals surface area (Å²) >= 11 is 55.5. The number of urea groups is 3. The standard InChI is InChI=1S/C25H36Cl2N8O2.C25H35Cl2N5O2.C21H26Cl2N4O3.C16H16Cl3N3O.C5H11NO2/c1-4-34(5-2)23(36)19(31-24(28)29)9-12-30-25(37)35-13-10-16(11-14-35)21-15-20(32-33(21)3)17-7-6-8-18(26)22(17)27;1-5-31(6-2)24(33)17(3)10-13-28-25(34)32-14-11-18(12-15-32)22-16-21(29-30(22)4)19-8-7-9-20(26)23(19)27;1-13(20(28)29)6-9-24-21(30)27-10-7-14(8-11-27)18-12-17(25-26(18)2)15-4-3-5-16(22)19(15)23;1-21-14(10-5-7-22(8-6-10)16(19)23)9-13(20-21)11-3-2-4-12(17)15(11)18;1-4(2-3-6)5(7)8/h6-8,15-16,19H,4-5,9-14H2,1-3H3,(H,30,37)(H4,28,29,31);7-9,16-18H,5-6,10-15H2,1-4H3,(H,28,34);3-5,12-14H,6-11H2,1-2H3,(H,24,30)(H,28,29);2-4,9-10H,5-8H2,1H3;4H,2-3,6H2,1H3,(H,7,8)/t19-;17-;13-;;4-/m000.0/s1. The molecule has 12 rings (SSSR count). The van der Waals surface area contributed by atoms with Gasteiger partial charge >= 0.3 is 35.4 Å². The van der Waals surface area contributed by atoms with E-state index in [4.69, 9.17) is 132 Å². The van der Waals surface area contributed by atoms with Crippen molar-refractivity contribution >= 4 is 158 Å². The van der Waals surface area contributed by atoms with E-state index in [-0.39, 0.29) is 59.0 Å². The van der Waals surface area contributed by atoms with Crippen LogP contribution in [-0.2, 0) is 47.4 Å². The fourth-order valence-corrected chi connectivity index (χ4v) is 18.1. The van der Waals surface area contributed by atoms with E-state index in [1.807, 2.05) is 146 Å². The summed E-state index contributed by atoms with van der Waals surface area (Å²) in [6.07, 6.45) is 8.72. The van der Waals surface area contributed by atoms with E-state index < -0.39 is 23.9 Å². The third-order valence-corrected chi connectivity index (χ3v) is 27.9. The molecule has 132 heavy (non-hydrogen) atoms. The molecule has 4 aliphatic heterocycles. The molecule has 11 N–H and O–H groups in total. The lowest BCUT2D eigenvalue weighted by molar-refractivity contribution is -0.142. The molecule has 720 valence electrons. The number of piperidine rings is 4. The average Bonchev–Trinajstić information content (AvgIpc) is 1.67. The fraction of sp³-hybridized carbons (Fsp3) is 0.511. The molecule has 8 aromatic rings. The van der Waals surface area contributed by atoms with Crippen LogP contribution in [0.4, 0.5) is 19.2 Å². The third kappa shape index (κ3) is 30.1. The molecule has 0 bridgehead atoms. The Bertz CT molecular complexity index is 5220. The largest absolute Gasteiger partial charge is 0.481 e. The van der Waals surface area contributed by atoms with E-state index in [2.05, 4.69) is 59.5 Å². The zero-order valence-electron chi connectivity index (χ0n) is 76.7. The van der Waals surface area contributed by atoms with Crippen molar-refractivity contribution in [3.63, 3.8) is 0 Å². The molecular formula is C92H124Cl9N21O10. The number of carboxylic acid groups (broad SMARTS) is 2. The quantitative estimate of drug-likeness (QED) is 0.00977. The second-order valence-electron chi connectivity index (χ2n) is 33.1. The third-order valence-electron chi connectivity index (χ3n) is 24.3. The number of guanidine groups is 1. The van der Waals surface area contributed by atoms with Gasteiger partial charge in [0.1, 0.15) is 6.04 Å². The van der Waals surface area contributed by atoms with Gasteiger partial charge in [0, 0.05) is 201 Å². The number of carboxylic acids is 2. The maximum Gasteiger partial charge on any atom is 0.317 e. The van der Waals surface area contributed by atoms with Gasteiger partial charge in [0.2, 0.25) is 11.8 Å². The van der Waals surface area contributed by atoms with E-state index in [1.54, 1.807) is 57.7 Å². The number of nitrogens with zero attached hydrogens (tertiary/aromatic N) is 15. The predicted molar refractivity (Wildman–Crippen MR) is 526 cm³/mol. The lowest BCUT2D eigenvalue weighted by Gasteiger charge is -2.32. The number of hydrogen-bond donors (Lipinski definition) is 8. The summed E-state index contributed by atoms with van der Waals surface area (Å²) in [4.78, 5) is 110. The molecule has 4 aliphatic rings. The highest BCUT2D eigenvalue weighted by Crippen LogP contribution is 2.42. The Morgan fingerprint density at radius 1 is 0.409 bits per heavy atom. The van der Waals surface area contributed by atoms with Crippen LogP contribution < -0.4 is 33.2 Å². The molecule has 0 radical (unpaired) electrons. The molecule has 8 heterocycles. The SMILES string of the molecule is CCN(CC)C(=O)[C@@H](C)CCNC(=O)N1CCC(c2cc(-c3cccc(Cl)c3Cl)nn2C)CC1.CCN(CC)C(=O)[C@H](CCNC(=O)N1CCC(c2cc(-c3cccc(Cl)c3Cl)nn2C)CC1)N=C(N)N.C[C@@H](CCN)C(=O)O.C[C@@H](CCNC(=O)N1CCC(c2cc(-c3cccc(Cl)c3Cl)nn2C)CC1)C(=O)O.Cn1nc(-c2cccc(Cl)c2Cl)cc1C1CCN(C(=O)Cl)CC1. The second-order valence-corrected chi connectivity index (χ2v) is 36.6. The van der Waals surface area contributed by atoms with Gasteiger partial charge < -0.3 is 72.8 Å². The number of hydrogen-bond acceptors (Lipinski definition) is 14. The molecule has 4 aromatic heterocycles. The zero-order chi connectivity index (χ0) is 96.9. The molecule has 0 aliphatic carbocycles. The number of nitrogens with two attached hydrogens (primary N) is 3. The number of aryl methyl sites for hydroxylation is 4. The minimum atomic E-state index is -0.848. The number of carbonyl (C=O) groups excluding carboxylic acids is 6. The maximum absolute atomic E-state index is 12.8. The Hall–Kier alpha value is -9.28. The molecule has 0 unspecified atom stereocenters. The summed E-state index contributed by atoms with van der Waals surface area (Å²) < 4.78 is 7.54. The minimum absolute atomic E-state index is 0.0580. The van der Waals surface area contributed by atoms with Crippen molar-refractivity contribution in [1.82, 2.24) is 84.5 Å². The van der Waals surface area contributed by atoms with Crippen LogP contribution in [0.2, 0.25) is 40.2 Å². The smallest absolute Gasteiger partial charge is 0.317 e. The van der Waals surface area contributed by atoms with Gasteiger partial charge in [-0.1, -0.05) is 162 Å². The van der Waals surface area contributed by atoms with E-state index in [0.717, 1.165) is 119 Å². The Morgan fingerprint density at radius 2 is 0.667 bits per heavy atom. The summed E-state index contributed by atoms with van der Waals surface area (Å²) in [5.74, 6) is -1.38. The van der Waals surface area contributed by atoms with E-state index in [0.29, 0.717) is 188 Å². The van der Waals surface area contributed by atoms with E-state index in [9.17, 15) is 38.4 Å². The molecule has 9 amide bonds. The highest BCUT2D eigenvalue weighted by molar-refractivity contribution is 6.62. The predicted octanol–water partition coefficient (Wildman–Crippen LogP) is 17.7. The summed E-state index contributed by atoms with van der Waals surface area (Å²) in [7, 11) is 7.70. The summed E-state index contributed by atoms with van der Waals surface area (Å²) in [6, 6.07) is 29.3. The Morgan fingerprint density at radius 3 is 0.917 bits per heavy atom. The van der Waals surface area contributed by atoms with Crippen molar-refractivity contribution in [2.24, 2.45) is 68.1 Å². The molecule has 31 nitrogen and oxygen atoms in total. The minimum Gasteiger partial charge on any atom is -0.481 e. The van der Waals surface area contributed by atoms with E-state index in [1.165, 1.54) is 0 Å². The van der Waals surface area contributed by atoms with Gasteiger partial charge in [-0.05, 0) is 171 Å². The van der Waals surface area contributed by atoms with Crippen molar-refractivity contribution in [2.45, 2.75) is 155 Å². The molecule has 4 saturated heterocycles. The summed E-state index contributed by atoms with van der Waals surface area (Å²) in [5.41, 5.74) is 27.1. The topological polar surface area (TPSA) is 394 Å². The van der Waals surface area contributed by atoms with Crippen LogP contribution in [0.15, 0.2) is 102 Å². The van der Waals surface area contributed by atoms with Crippen LogP contribution in [0.25, 0.3) is 45.0 Å². The number of aromatic nitrogens is 8. The summed E-state index contributed by atoms with van der Waals surface area (Å²) in [5, 5.41) is 48.0. The number of aliphatic imine (C=N–C) groups is 1. The number of likely N-dealkylation sites (tertiary alicyclic amines) is 4. The molecular weight excluding hydrogens is 1880 g/mol.